The molecule has 16 heavy (non-hydrogen) atoms. The highest BCUT2D eigenvalue weighted by atomic mass is 35.5. The van der Waals surface area contributed by atoms with Crippen molar-refractivity contribution in [2.45, 2.75) is 32.6 Å². The van der Waals surface area contributed by atoms with E-state index < -0.39 is 5.92 Å². The second-order valence-corrected chi connectivity index (χ2v) is 4.72. The highest BCUT2D eigenvalue weighted by molar-refractivity contribution is 6.55. The second kappa shape index (κ2) is 6.97. The second-order valence-electron chi connectivity index (χ2n) is 3.71. The maximum Gasteiger partial charge on any atom is 0.317 e. The molecule has 0 amide bonds. The molecule has 0 N–H and O–H groups in total. The number of hydrogen-bond acceptors (Lipinski definition) is 2. The molecule has 0 saturated heterocycles. The number of hydrogen-bond donors (Lipinski definition) is 0. The zero-order valence-electron chi connectivity index (χ0n) is 9.34. The van der Waals surface area contributed by atoms with Crippen molar-refractivity contribution in [3.05, 3.63) is 22.2 Å². The van der Waals surface area contributed by atoms with Crippen LogP contribution in [0.4, 0.5) is 0 Å². The molecule has 0 bridgehead atoms. The van der Waals surface area contributed by atoms with Gasteiger partial charge in [-0.15, -0.1) is 0 Å². The number of esters is 1. The average Bonchev–Trinajstić information content (AvgIpc) is 2.27. The Hall–Kier alpha value is -0.470. The molecule has 0 aliphatic heterocycles. The molecular formula is C12H16Cl2O2. The Morgan fingerprint density at radius 1 is 1.56 bits per heavy atom. The van der Waals surface area contributed by atoms with E-state index in [1.165, 1.54) is 6.42 Å². The fourth-order valence-corrected chi connectivity index (χ4v) is 2.08. The van der Waals surface area contributed by atoms with Gasteiger partial charge in [0, 0.05) is 0 Å². The van der Waals surface area contributed by atoms with Crippen LogP contribution in [0.1, 0.15) is 32.6 Å². The summed E-state index contributed by atoms with van der Waals surface area (Å²) in [7, 11) is 0. The summed E-state index contributed by atoms with van der Waals surface area (Å²) in [5, 5.41) is 0. The first kappa shape index (κ1) is 13.6. The van der Waals surface area contributed by atoms with Gasteiger partial charge in [0.05, 0.1) is 12.5 Å². The van der Waals surface area contributed by atoms with E-state index >= 15 is 0 Å². The number of allylic oxidation sites excluding steroid dienone is 1. The lowest BCUT2D eigenvalue weighted by atomic mass is 9.89. The number of halogens is 2. The first-order chi connectivity index (χ1) is 7.65. The van der Waals surface area contributed by atoms with Crippen molar-refractivity contribution in [2.75, 3.05) is 6.61 Å². The first-order valence-corrected chi connectivity index (χ1v) is 6.29. The Labute approximate surface area is 106 Å². The van der Waals surface area contributed by atoms with E-state index in [9.17, 15) is 4.79 Å². The van der Waals surface area contributed by atoms with Crippen molar-refractivity contribution in [1.29, 1.82) is 0 Å². The highest BCUT2D eigenvalue weighted by Crippen LogP contribution is 2.28. The Morgan fingerprint density at radius 3 is 2.81 bits per heavy atom. The van der Waals surface area contributed by atoms with Crippen molar-refractivity contribution in [1.82, 2.24) is 0 Å². The predicted octanol–water partition coefficient (Wildman–Crippen LogP) is 3.99. The minimum atomic E-state index is -0.412. The zero-order chi connectivity index (χ0) is 12.0. The molecule has 4 heteroatoms. The topological polar surface area (TPSA) is 26.3 Å². The van der Waals surface area contributed by atoms with Crippen LogP contribution in [0, 0.1) is 5.92 Å². The SMILES string of the molecule is CCOC(=O)C(C=C(Cl)Cl)C1=CCCCC1. The van der Waals surface area contributed by atoms with Crippen LogP contribution >= 0.6 is 23.2 Å². The van der Waals surface area contributed by atoms with E-state index in [4.69, 9.17) is 27.9 Å². The molecule has 0 aromatic carbocycles. The van der Waals surface area contributed by atoms with Gasteiger partial charge in [0.1, 0.15) is 4.49 Å². The van der Waals surface area contributed by atoms with E-state index in [2.05, 4.69) is 6.08 Å². The smallest absolute Gasteiger partial charge is 0.317 e. The molecular weight excluding hydrogens is 247 g/mol. The lowest BCUT2D eigenvalue weighted by Crippen LogP contribution is -2.19. The van der Waals surface area contributed by atoms with Crippen LogP contribution < -0.4 is 0 Å². The van der Waals surface area contributed by atoms with Gasteiger partial charge in [-0.2, -0.15) is 0 Å². The van der Waals surface area contributed by atoms with Crippen molar-refractivity contribution in [3.63, 3.8) is 0 Å². The van der Waals surface area contributed by atoms with Crippen LogP contribution in [-0.4, -0.2) is 12.6 Å². The molecule has 1 aliphatic rings. The van der Waals surface area contributed by atoms with E-state index in [1.54, 1.807) is 13.0 Å². The molecule has 0 aromatic heterocycles. The minimum Gasteiger partial charge on any atom is -0.465 e. The largest absolute Gasteiger partial charge is 0.465 e. The third kappa shape index (κ3) is 4.18. The summed E-state index contributed by atoms with van der Waals surface area (Å²) in [5.74, 6) is -0.681. The summed E-state index contributed by atoms with van der Waals surface area (Å²) in [5.41, 5.74) is 1.07. The van der Waals surface area contributed by atoms with Gasteiger partial charge in [0.2, 0.25) is 0 Å². The minimum absolute atomic E-state index is 0.115. The Balaban J connectivity index is 2.81. The number of carbonyl (C=O) groups excluding carboxylic acids is 1. The van der Waals surface area contributed by atoms with Crippen LogP contribution in [0.2, 0.25) is 0 Å². The molecule has 2 nitrogen and oxygen atoms in total. The van der Waals surface area contributed by atoms with E-state index in [-0.39, 0.29) is 10.5 Å². The van der Waals surface area contributed by atoms with Gasteiger partial charge in [0.25, 0.3) is 0 Å². The Morgan fingerprint density at radius 2 is 2.31 bits per heavy atom. The molecule has 1 rings (SSSR count). The maximum atomic E-state index is 11.8. The average molecular weight is 263 g/mol. The van der Waals surface area contributed by atoms with Gasteiger partial charge in [0.15, 0.2) is 0 Å². The van der Waals surface area contributed by atoms with E-state index in [1.807, 2.05) is 0 Å². The first-order valence-electron chi connectivity index (χ1n) is 5.53. The van der Waals surface area contributed by atoms with Gasteiger partial charge in [-0.1, -0.05) is 34.9 Å². The summed E-state index contributed by atoms with van der Waals surface area (Å²) < 4.78 is 5.13. The van der Waals surface area contributed by atoms with Crippen molar-refractivity contribution >= 4 is 29.2 Å². The highest BCUT2D eigenvalue weighted by Gasteiger charge is 2.23. The molecule has 0 heterocycles. The van der Waals surface area contributed by atoms with Gasteiger partial charge < -0.3 is 4.74 Å². The van der Waals surface area contributed by atoms with E-state index in [0.717, 1.165) is 24.8 Å². The molecule has 90 valence electrons. The third-order valence-corrected chi connectivity index (χ3v) is 2.81. The van der Waals surface area contributed by atoms with Crippen LogP contribution in [0.15, 0.2) is 22.2 Å². The standard InChI is InChI=1S/C12H16Cl2O2/c1-2-16-12(15)10(8-11(13)14)9-6-4-3-5-7-9/h6,8,10H,2-5,7H2,1H3. The quantitative estimate of drug-likeness (QED) is 0.566. The van der Waals surface area contributed by atoms with Crippen LogP contribution in [0.25, 0.3) is 0 Å². The molecule has 1 aliphatic carbocycles. The lowest BCUT2D eigenvalue weighted by molar-refractivity contribution is -0.145. The third-order valence-electron chi connectivity index (χ3n) is 2.56. The summed E-state index contributed by atoms with van der Waals surface area (Å²) >= 11 is 11.3. The molecule has 0 saturated carbocycles. The van der Waals surface area contributed by atoms with Crippen molar-refractivity contribution in [2.24, 2.45) is 5.92 Å². The molecule has 0 fully saturated rings. The molecule has 0 spiro atoms. The Kier molecular flexibility index (Phi) is 5.93. The van der Waals surface area contributed by atoms with Crippen molar-refractivity contribution < 1.29 is 9.53 Å². The van der Waals surface area contributed by atoms with Gasteiger partial charge in [-0.25, -0.2) is 0 Å². The Bertz CT molecular complexity index is 304. The van der Waals surface area contributed by atoms with Gasteiger partial charge >= 0.3 is 5.97 Å². The van der Waals surface area contributed by atoms with Crippen LogP contribution in [0.5, 0.6) is 0 Å². The number of rotatable bonds is 4. The monoisotopic (exact) mass is 262 g/mol. The number of ether oxygens (including phenoxy) is 1. The maximum absolute atomic E-state index is 11.8. The van der Waals surface area contributed by atoms with Gasteiger partial charge in [-0.3, -0.25) is 4.79 Å². The van der Waals surface area contributed by atoms with Crippen LogP contribution in [-0.2, 0) is 9.53 Å². The molecule has 0 radical (unpaired) electrons. The normalized spacial score (nSPS) is 17.3. The van der Waals surface area contributed by atoms with Crippen LogP contribution in [0.3, 0.4) is 0 Å². The van der Waals surface area contributed by atoms with Crippen molar-refractivity contribution in [3.8, 4) is 0 Å². The fourth-order valence-electron chi connectivity index (χ4n) is 1.83. The van der Waals surface area contributed by atoms with Gasteiger partial charge in [-0.05, 0) is 38.7 Å². The summed E-state index contributed by atoms with van der Waals surface area (Å²) in [6.07, 6.45) is 7.86. The molecule has 0 aromatic rings. The summed E-state index contributed by atoms with van der Waals surface area (Å²) in [6, 6.07) is 0. The molecule has 1 atom stereocenters. The fraction of sp³-hybridized carbons (Fsp3) is 0.583. The van der Waals surface area contributed by atoms with E-state index in [0.29, 0.717) is 6.61 Å². The lowest BCUT2D eigenvalue weighted by Gasteiger charge is -2.19. The predicted molar refractivity (Wildman–Crippen MR) is 66.5 cm³/mol. The zero-order valence-corrected chi connectivity index (χ0v) is 10.9. The summed E-state index contributed by atoms with van der Waals surface area (Å²) in [4.78, 5) is 11.8. The molecule has 1 unspecified atom stereocenters. The summed E-state index contributed by atoms with van der Waals surface area (Å²) in [6.45, 7) is 2.16. The number of carbonyl (C=O) groups is 1.